The lowest BCUT2D eigenvalue weighted by Gasteiger charge is -2.42. The number of amides is 2. The van der Waals surface area contributed by atoms with Crippen molar-refractivity contribution in [2.24, 2.45) is 5.73 Å². The van der Waals surface area contributed by atoms with E-state index in [-0.39, 0.29) is 30.4 Å². The molecule has 2 aromatic carbocycles. The van der Waals surface area contributed by atoms with Crippen molar-refractivity contribution >= 4 is 11.8 Å². The second kappa shape index (κ2) is 7.64. The minimum absolute atomic E-state index is 0.00457. The molecule has 2 fully saturated rings. The molecule has 4 rings (SSSR count). The summed E-state index contributed by atoms with van der Waals surface area (Å²) in [6, 6.07) is 15.9. The fourth-order valence-corrected chi connectivity index (χ4v) is 5.49. The minimum Gasteiger partial charge on any atom is -0.343 e. The molecule has 0 aromatic heterocycles. The van der Waals surface area contributed by atoms with E-state index in [1.165, 1.54) is 0 Å². The van der Waals surface area contributed by atoms with Gasteiger partial charge in [-0.05, 0) is 56.2 Å². The van der Waals surface area contributed by atoms with Gasteiger partial charge in [0.2, 0.25) is 5.91 Å². The van der Waals surface area contributed by atoms with Crippen LogP contribution in [-0.4, -0.2) is 34.8 Å². The standard InChI is InChI=1S/C24H29N3O2/c1-16-7-6-8-17(2)21(16)23(29)26-22(18-9-4-3-5-10-18)24-13-11-19(12-14-24)27(24)20(28)15-25/h3-10,19,22H,11-15,25H2,1-2H3,(H,26,29)/t19?,22-,24?/m1/s1. The van der Waals surface area contributed by atoms with E-state index in [0.29, 0.717) is 5.56 Å². The Labute approximate surface area is 172 Å². The van der Waals surface area contributed by atoms with Gasteiger partial charge in [-0.15, -0.1) is 0 Å². The van der Waals surface area contributed by atoms with Crippen LogP contribution in [0.1, 0.15) is 58.8 Å². The third kappa shape index (κ3) is 3.23. The average molecular weight is 392 g/mol. The van der Waals surface area contributed by atoms with Gasteiger partial charge in [0.25, 0.3) is 5.91 Å². The monoisotopic (exact) mass is 391 g/mol. The fraction of sp³-hybridized carbons (Fsp3) is 0.417. The first-order chi connectivity index (χ1) is 14.0. The number of nitrogens with one attached hydrogen (secondary N) is 1. The van der Waals surface area contributed by atoms with E-state index in [1.54, 1.807) is 0 Å². The quantitative estimate of drug-likeness (QED) is 0.821. The Morgan fingerprint density at radius 2 is 1.69 bits per heavy atom. The Balaban J connectivity index is 1.76. The first-order valence-corrected chi connectivity index (χ1v) is 10.4. The summed E-state index contributed by atoms with van der Waals surface area (Å²) in [5.74, 6) is -0.105. The summed E-state index contributed by atoms with van der Waals surface area (Å²) in [5, 5.41) is 3.33. The molecule has 5 heteroatoms. The number of hydrogen-bond acceptors (Lipinski definition) is 3. The van der Waals surface area contributed by atoms with Gasteiger partial charge in [0.15, 0.2) is 0 Å². The summed E-state index contributed by atoms with van der Waals surface area (Å²) in [7, 11) is 0. The number of benzene rings is 2. The van der Waals surface area contributed by atoms with Crippen LogP contribution in [0, 0.1) is 13.8 Å². The fourth-order valence-electron chi connectivity index (χ4n) is 5.49. The molecule has 0 aliphatic carbocycles. The Bertz CT molecular complexity index is 897. The van der Waals surface area contributed by atoms with Crippen LogP contribution in [0.3, 0.4) is 0 Å². The lowest BCUT2D eigenvalue weighted by Crippen LogP contribution is -2.55. The smallest absolute Gasteiger partial charge is 0.252 e. The van der Waals surface area contributed by atoms with E-state index in [4.69, 9.17) is 5.73 Å². The van der Waals surface area contributed by atoms with Crippen LogP contribution < -0.4 is 11.1 Å². The van der Waals surface area contributed by atoms with Crippen LogP contribution in [0.15, 0.2) is 48.5 Å². The van der Waals surface area contributed by atoms with Gasteiger partial charge in [0, 0.05) is 11.6 Å². The van der Waals surface area contributed by atoms with Crippen molar-refractivity contribution < 1.29 is 9.59 Å². The molecule has 1 atom stereocenters. The van der Waals surface area contributed by atoms with E-state index in [0.717, 1.165) is 42.4 Å². The number of nitrogens with two attached hydrogens (primary N) is 1. The number of fused-ring (bicyclic) bond motifs is 2. The maximum atomic E-state index is 13.4. The molecule has 2 aromatic rings. The molecule has 3 N–H and O–H groups in total. The van der Waals surface area contributed by atoms with Crippen molar-refractivity contribution in [1.29, 1.82) is 0 Å². The first-order valence-electron chi connectivity index (χ1n) is 10.4. The van der Waals surface area contributed by atoms with Crippen LogP contribution in [0.25, 0.3) is 0 Å². The maximum absolute atomic E-state index is 13.4. The molecule has 2 saturated heterocycles. The summed E-state index contributed by atoms with van der Waals surface area (Å²) in [6.45, 7) is 3.93. The topological polar surface area (TPSA) is 75.4 Å². The SMILES string of the molecule is Cc1cccc(C)c1C(=O)N[C@H](c1ccccc1)C12CCC(CC1)N2C(=O)CN. The van der Waals surface area contributed by atoms with Gasteiger partial charge in [-0.1, -0.05) is 48.5 Å². The molecule has 2 heterocycles. The third-order valence-corrected chi connectivity index (χ3v) is 6.76. The highest BCUT2D eigenvalue weighted by Gasteiger charge is 2.58. The van der Waals surface area contributed by atoms with E-state index >= 15 is 0 Å². The zero-order valence-corrected chi connectivity index (χ0v) is 17.2. The normalized spacial score (nSPS) is 23.8. The average Bonchev–Trinajstić information content (AvgIpc) is 3.28. The molecule has 0 radical (unpaired) electrons. The molecule has 152 valence electrons. The zero-order chi connectivity index (χ0) is 20.6. The maximum Gasteiger partial charge on any atom is 0.252 e. The highest BCUT2D eigenvalue weighted by atomic mass is 16.2. The van der Waals surface area contributed by atoms with Crippen molar-refractivity contribution in [3.8, 4) is 0 Å². The van der Waals surface area contributed by atoms with Gasteiger partial charge < -0.3 is 16.0 Å². The van der Waals surface area contributed by atoms with E-state index in [1.807, 2.05) is 67.3 Å². The van der Waals surface area contributed by atoms with E-state index in [2.05, 4.69) is 5.32 Å². The summed E-state index contributed by atoms with van der Waals surface area (Å²) in [5.41, 5.74) is 9.01. The van der Waals surface area contributed by atoms with Crippen molar-refractivity contribution in [2.75, 3.05) is 6.54 Å². The summed E-state index contributed by atoms with van der Waals surface area (Å²) >= 11 is 0. The molecule has 0 saturated carbocycles. The third-order valence-electron chi connectivity index (χ3n) is 6.76. The van der Waals surface area contributed by atoms with Crippen molar-refractivity contribution in [1.82, 2.24) is 10.2 Å². The molecule has 2 amide bonds. The van der Waals surface area contributed by atoms with Gasteiger partial charge in [-0.25, -0.2) is 0 Å². The predicted octanol–water partition coefficient (Wildman–Crippen LogP) is 3.26. The van der Waals surface area contributed by atoms with Crippen LogP contribution >= 0.6 is 0 Å². The van der Waals surface area contributed by atoms with Gasteiger partial charge in [0.1, 0.15) is 0 Å². The van der Waals surface area contributed by atoms with Gasteiger partial charge in [-0.3, -0.25) is 9.59 Å². The number of carbonyl (C=O) groups excluding carboxylic acids is 2. The molecular formula is C24H29N3O2. The molecule has 0 spiro atoms. The Morgan fingerprint density at radius 1 is 1.07 bits per heavy atom. The Kier molecular flexibility index (Phi) is 5.17. The number of carbonyl (C=O) groups is 2. The van der Waals surface area contributed by atoms with Crippen molar-refractivity contribution in [2.45, 2.75) is 57.2 Å². The second-order valence-corrected chi connectivity index (χ2v) is 8.39. The molecule has 29 heavy (non-hydrogen) atoms. The van der Waals surface area contributed by atoms with Gasteiger partial charge >= 0.3 is 0 Å². The van der Waals surface area contributed by atoms with Crippen molar-refractivity contribution in [3.63, 3.8) is 0 Å². The first kappa shape index (κ1) is 19.6. The molecule has 2 aliphatic heterocycles. The lowest BCUT2D eigenvalue weighted by molar-refractivity contribution is -0.134. The minimum atomic E-state index is -0.408. The largest absolute Gasteiger partial charge is 0.343 e. The predicted molar refractivity (Wildman–Crippen MR) is 113 cm³/mol. The summed E-state index contributed by atoms with van der Waals surface area (Å²) < 4.78 is 0. The Morgan fingerprint density at radius 3 is 2.28 bits per heavy atom. The molecular weight excluding hydrogens is 362 g/mol. The highest BCUT2D eigenvalue weighted by Crippen LogP contribution is 2.52. The molecule has 0 unspecified atom stereocenters. The number of hydrogen-bond donors (Lipinski definition) is 2. The zero-order valence-electron chi connectivity index (χ0n) is 17.2. The number of nitrogens with zero attached hydrogens (tertiary/aromatic N) is 1. The summed E-state index contributed by atoms with van der Waals surface area (Å²) in [6.07, 6.45) is 3.70. The lowest BCUT2D eigenvalue weighted by atomic mass is 9.78. The van der Waals surface area contributed by atoms with Crippen LogP contribution in [0.2, 0.25) is 0 Å². The van der Waals surface area contributed by atoms with Crippen molar-refractivity contribution in [3.05, 3.63) is 70.8 Å². The Hall–Kier alpha value is -2.66. The van der Waals surface area contributed by atoms with Gasteiger partial charge in [-0.2, -0.15) is 0 Å². The number of rotatable bonds is 5. The highest BCUT2D eigenvalue weighted by molar-refractivity contribution is 5.97. The second-order valence-electron chi connectivity index (χ2n) is 8.39. The van der Waals surface area contributed by atoms with Gasteiger partial charge in [0.05, 0.1) is 18.1 Å². The number of aryl methyl sites for hydroxylation is 2. The molecule has 5 nitrogen and oxygen atoms in total. The summed E-state index contributed by atoms with van der Waals surface area (Å²) in [4.78, 5) is 28.2. The molecule has 2 aliphatic rings. The van der Waals surface area contributed by atoms with E-state index in [9.17, 15) is 9.59 Å². The van der Waals surface area contributed by atoms with Crippen LogP contribution in [0.5, 0.6) is 0 Å². The van der Waals surface area contributed by atoms with E-state index < -0.39 is 5.54 Å². The van der Waals surface area contributed by atoms with Crippen LogP contribution in [0.4, 0.5) is 0 Å². The van der Waals surface area contributed by atoms with Crippen LogP contribution in [-0.2, 0) is 4.79 Å². The molecule has 2 bridgehead atoms.